The second kappa shape index (κ2) is 7.20. The van der Waals surface area contributed by atoms with Crippen LogP contribution in [0.25, 0.3) is 0 Å². The summed E-state index contributed by atoms with van der Waals surface area (Å²) in [5.74, 6) is -4.99. The average molecular weight is 391 g/mol. The monoisotopic (exact) mass is 391 g/mol. The van der Waals surface area contributed by atoms with Gasteiger partial charge in [0.25, 0.3) is 11.8 Å². The van der Waals surface area contributed by atoms with E-state index in [1.54, 1.807) is 0 Å². The molecule has 1 fully saturated rings. The maximum Gasteiger partial charge on any atom is 0.292 e. The maximum atomic E-state index is 14.5. The molecule has 2 heterocycles. The fraction of sp³-hybridized carbons (Fsp3) is 0.278. The number of alkyl halides is 2. The Labute approximate surface area is 158 Å². The fourth-order valence-electron chi connectivity index (χ4n) is 2.82. The molecule has 146 valence electrons. The largest absolute Gasteiger partial charge is 0.344 e. The highest BCUT2D eigenvalue weighted by Gasteiger charge is 2.56. The highest BCUT2D eigenvalue weighted by atomic mass is 19.3. The van der Waals surface area contributed by atoms with Gasteiger partial charge < -0.3 is 10.1 Å². The number of aromatic nitrogens is 1. The molecule has 10 heteroatoms. The van der Waals surface area contributed by atoms with Gasteiger partial charge in [-0.25, -0.2) is 18.2 Å². The molecule has 4 N–H and O–H groups in total. The molecule has 0 radical (unpaired) electrons. The SMILES string of the molecule is C[C@]1(c2cc(NC(=O)c3ccc(C#N)cn3)ccc2F)NC(N)OCC1(F)F. The summed E-state index contributed by atoms with van der Waals surface area (Å²) in [6.07, 6.45) is 0.0186. The number of nitrogens with two attached hydrogens (primary N) is 1. The molecule has 1 aromatic carbocycles. The van der Waals surface area contributed by atoms with Gasteiger partial charge in [-0.15, -0.1) is 0 Å². The standard InChI is InChI=1S/C18H16F3N5O2/c1-17(18(20,21)9-28-16(23)26-17)12-6-11(3-4-13(12)19)25-15(27)14-5-2-10(7-22)8-24-14/h2-6,8,16,26H,9,23H2,1H3,(H,25,27)/t16?,17-/m1/s1. The van der Waals surface area contributed by atoms with Crippen molar-refractivity contribution in [2.24, 2.45) is 5.73 Å². The molecular weight excluding hydrogens is 375 g/mol. The first-order valence-corrected chi connectivity index (χ1v) is 8.16. The van der Waals surface area contributed by atoms with E-state index in [0.29, 0.717) is 0 Å². The molecule has 1 aliphatic heterocycles. The van der Waals surface area contributed by atoms with Crippen LogP contribution in [-0.2, 0) is 10.3 Å². The van der Waals surface area contributed by atoms with E-state index in [1.807, 2.05) is 6.07 Å². The normalized spacial score (nSPS) is 23.6. The van der Waals surface area contributed by atoms with Gasteiger partial charge in [-0.1, -0.05) is 0 Å². The van der Waals surface area contributed by atoms with E-state index in [0.717, 1.165) is 19.1 Å². The minimum absolute atomic E-state index is 0.00707. The van der Waals surface area contributed by atoms with Crippen LogP contribution in [0.3, 0.4) is 0 Å². The van der Waals surface area contributed by atoms with Gasteiger partial charge in [0.15, 0.2) is 6.35 Å². The van der Waals surface area contributed by atoms with E-state index in [4.69, 9.17) is 15.7 Å². The van der Waals surface area contributed by atoms with E-state index in [2.05, 4.69) is 15.6 Å². The summed E-state index contributed by atoms with van der Waals surface area (Å²) in [7, 11) is 0. The fourth-order valence-corrected chi connectivity index (χ4v) is 2.82. The van der Waals surface area contributed by atoms with Crippen molar-refractivity contribution < 1.29 is 22.7 Å². The van der Waals surface area contributed by atoms with Gasteiger partial charge in [0.05, 0.1) is 5.56 Å². The Balaban J connectivity index is 1.91. The Morgan fingerprint density at radius 3 is 2.82 bits per heavy atom. The van der Waals surface area contributed by atoms with Crippen molar-refractivity contribution in [1.29, 1.82) is 5.26 Å². The zero-order valence-corrected chi connectivity index (χ0v) is 14.7. The van der Waals surface area contributed by atoms with Crippen LogP contribution in [0.2, 0.25) is 0 Å². The lowest BCUT2D eigenvalue weighted by molar-refractivity contribution is -0.208. The molecular formula is C18H16F3N5O2. The molecule has 1 unspecified atom stereocenters. The Morgan fingerprint density at radius 2 is 2.18 bits per heavy atom. The minimum atomic E-state index is -3.46. The van der Waals surface area contributed by atoms with E-state index >= 15 is 0 Å². The number of carbonyl (C=O) groups is 1. The van der Waals surface area contributed by atoms with Crippen molar-refractivity contribution >= 4 is 11.6 Å². The highest BCUT2D eigenvalue weighted by molar-refractivity contribution is 6.02. The van der Waals surface area contributed by atoms with E-state index in [1.165, 1.54) is 24.4 Å². The van der Waals surface area contributed by atoms with Gasteiger partial charge in [-0.2, -0.15) is 5.26 Å². The summed E-state index contributed by atoms with van der Waals surface area (Å²) >= 11 is 0. The van der Waals surface area contributed by atoms with Crippen LogP contribution in [0.4, 0.5) is 18.9 Å². The van der Waals surface area contributed by atoms with E-state index in [-0.39, 0.29) is 22.5 Å². The summed E-state index contributed by atoms with van der Waals surface area (Å²) in [6.45, 7) is 0.129. The Bertz CT molecular complexity index is 945. The average Bonchev–Trinajstić information content (AvgIpc) is 2.66. The van der Waals surface area contributed by atoms with Crippen LogP contribution >= 0.6 is 0 Å². The Morgan fingerprint density at radius 1 is 1.43 bits per heavy atom. The maximum absolute atomic E-state index is 14.5. The third-order valence-electron chi connectivity index (χ3n) is 4.49. The number of ether oxygens (including phenoxy) is 1. The van der Waals surface area contributed by atoms with Crippen LogP contribution in [0, 0.1) is 17.1 Å². The summed E-state index contributed by atoms with van der Waals surface area (Å²) in [6, 6.07) is 7.94. The molecule has 0 bridgehead atoms. The first-order chi connectivity index (χ1) is 13.2. The third-order valence-corrected chi connectivity index (χ3v) is 4.49. The molecule has 1 saturated heterocycles. The minimum Gasteiger partial charge on any atom is -0.344 e. The summed E-state index contributed by atoms with van der Waals surface area (Å²) in [5, 5.41) is 13.6. The van der Waals surface area contributed by atoms with Gasteiger partial charge in [0, 0.05) is 17.4 Å². The topological polar surface area (TPSA) is 113 Å². The molecule has 7 nitrogen and oxygen atoms in total. The third kappa shape index (κ3) is 3.55. The van der Waals surface area contributed by atoms with Crippen molar-refractivity contribution in [2.45, 2.75) is 24.7 Å². The molecule has 0 spiro atoms. The molecule has 1 amide bonds. The molecule has 1 aliphatic rings. The quantitative estimate of drug-likeness (QED) is 0.738. The number of amides is 1. The van der Waals surface area contributed by atoms with Crippen LogP contribution in [0.1, 0.15) is 28.5 Å². The predicted molar refractivity (Wildman–Crippen MR) is 92.7 cm³/mol. The predicted octanol–water partition coefficient (Wildman–Crippen LogP) is 2.06. The molecule has 0 saturated carbocycles. The second-order valence-electron chi connectivity index (χ2n) is 6.40. The number of benzene rings is 1. The van der Waals surface area contributed by atoms with Crippen molar-refractivity contribution in [3.8, 4) is 6.07 Å². The Kier molecular flexibility index (Phi) is 5.08. The number of hydrogen-bond donors (Lipinski definition) is 3. The molecule has 2 atom stereocenters. The van der Waals surface area contributed by atoms with Gasteiger partial charge in [-0.05, 0) is 37.3 Å². The number of rotatable bonds is 3. The van der Waals surface area contributed by atoms with E-state index < -0.39 is 36.1 Å². The molecule has 2 aromatic rings. The van der Waals surface area contributed by atoms with E-state index in [9.17, 15) is 18.0 Å². The first-order valence-electron chi connectivity index (χ1n) is 8.16. The number of nitriles is 1. The van der Waals surface area contributed by atoms with Gasteiger partial charge in [-0.3, -0.25) is 15.8 Å². The zero-order chi connectivity index (χ0) is 20.5. The summed E-state index contributed by atoms with van der Waals surface area (Å²) in [5.41, 5.74) is 3.40. The molecule has 3 rings (SSSR count). The van der Waals surface area contributed by atoms with Crippen molar-refractivity contribution in [3.63, 3.8) is 0 Å². The highest BCUT2D eigenvalue weighted by Crippen LogP contribution is 2.42. The van der Waals surface area contributed by atoms with Crippen molar-refractivity contribution in [3.05, 3.63) is 59.2 Å². The number of nitrogens with one attached hydrogen (secondary N) is 2. The lowest BCUT2D eigenvalue weighted by Crippen LogP contribution is -2.66. The van der Waals surface area contributed by atoms with Crippen LogP contribution < -0.4 is 16.4 Å². The van der Waals surface area contributed by atoms with Crippen LogP contribution in [0.5, 0.6) is 0 Å². The Hall–Kier alpha value is -3.00. The number of nitrogens with zero attached hydrogens (tertiary/aromatic N) is 2. The number of hydrogen-bond acceptors (Lipinski definition) is 6. The number of pyridine rings is 1. The second-order valence-corrected chi connectivity index (χ2v) is 6.40. The number of anilines is 1. The zero-order valence-electron chi connectivity index (χ0n) is 14.7. The smallest absolute Gasteiger partial charge is 0.292 e. The molecule has 1 aromatic heterocycles. The van der Waals surface area contributed by atoms with Gasteiger partial charge in [0.1, 0.15) is 29.7 Å². The van der Waals surface area contributed by atoms with Crippen LogP contribution in [-0.4, -0.2) is 29.8 Å². The number of halogens is 3. The van der Waals surface area contributed by atoms with Gasteiger partial charge >= 0.3 is 0 Å². The van der Waals surface area contributed by atoms with Crippen molar-refractivity contribution in [2.75, 3.05) is 11.9 Å². The first kappa shape index (κ1) is 19.8. The van der Waals surface area contributed by atoms with Gasteiger partial charge in [0.2, 0.25) is 0 Å². The lowest BCUT2D eigenvalue weighted by atomic mass is 9.84. The summed E-state index contributed by atoms with van der Waals surface area (Å²) < 4.78 is 48.1. The lowest BCUT2D eigenvalue weighted by Gasteiger charge is -2.44. The number of carbonyl (C=O) groups excluding carboxylic acids is 1. The van der Waals surface area contributed by atoms with Crippen molar-refractivity contribution in [1.82, 2.24) is 10.3 Å². The van der Waals surface area contributed by atoms with Crippen LogP contribution in [0.15, 0.2) is 36.5 Å². The molecule has 28 heavy (non-hydrogen) atoms. The molecule has 0 aliphatic carbocycles. The summed E-state index contributed by atoms with van der Waals surface area (Å²) in [4.78, 5) is 16.1.